The summed E-state index contributed by atoms with van der Waals surface area (Å²) in [6.45, 7) is 6.64. The molecule has 3 N–H and O–H groups in total. The van der Waals surface area contributed by atoms with E-state index in [0.29, 0.717) is 19.0 Å². The zero-order chi connectivity index (χ0) is 18.1. The number of amides is 3. The Balaban J connectivity index is 1.55. The molecule has 3 amide bonds. The summed E-state index contributed by atoms with van der Waals surface area (Å²) in [4.78, 5) is 25.2. The maximum Gasteiger partial charge on any atom is 0.315 e. The van der Waals surface area contributed by atoms with Crippen LogP contribution in [0.1, 0.15) is 33.1 Å². The highest BCUT2D eigenvalue weighted by Gasteiger charge is 2.20. The highest BCUT2D eigenvalue weighted by atomic mass is 16.2. The summed E-state index contributed by atoms with van der Waals surface area (Å²) in [6.07, 6.45) is 3.02. The molecule has 6 nitrogen and oxygen atoms in total. The van der Waals surface area contributed by atoms with E-state index in [2.05, 4.69) is 16.0 Å². The minimum atomic E-state index is -0.122. The van der Waals surface area contributed by atoms with E-state index < -0.39 is 0 Å². The first-order valence-electron chi connectivity index (χ1n) is 9.13. The summed E-state index contributed by atoms with van der Waals surface area (Å²) in [5, 5.41) is 9.18. The molecular formula is C19H30N4O2. The average molecular weight is 346 g/mol. The van der Waals surface area contributed by atoms with Crippen molar-refractivity contribution in [3.8, 4) is 0 Å². The lowest BCUT2D eigenvalue weighted by molar-refractivity contribution is -0.130. The standard InChI is InChI=1S/C19H30N4O2/c1-15(14-21-18-6-4-3-5-7-18)22-19(25)20-11-8-17-9-12-23(13-10-17)16(2)24/h3-7,15,17,21H,8-14H2,1-2H3,(H2,20,22,25). The largest absolute Gasteiger partial charge is 0.383 e. The van der Waals surface area contributed by atoms with Gasteiger partial charge in [-0.1, -0.05) is 18.2 Å². The summed E-state index contributed by atoms with van der Waals surface area (Å²) >= 11 is 0. The number of rotatable bonds is 7. The van der Waals surface area contributed by atoms with Crippen molar-refractivity contribution >= 4 is 17.6 Å². The van der Waals surface area contributed by atoms with Gasteiger partial charge < -0.3 is 20.9 Å². The highest BCUT2D eigenvalue weighted by Crippen LogP contribution is 2.19. The lowest BCUT2D eigenvalue weighted by Crippen LogP contribution is -2.44. The molecule has 6 heteroatoms. The second-order valence-corrected chi connectivity index (χ2v) is 6.79. The van der Waals surface area contributed by atoms with Gasteiger partial charge in [0.15, 0.2) is 0 Å². The molecule has 1 atom stereocenters. The van der Waals surface area contributed by atoms with Crippen LogP contribution in [0.3, 0.4) is 0 Å². The first kappa shape index (κ1) is 19.1. The van der Waals surface area contributed by atoms with Crippen LogP contribution >= 0.6 is 0 Å². The monoisotopic (exact) mass is 346 g/mol. The Bertz CT molecular complexity index is 542. The fourth-order valence-corrected chi connectivity index (χ4v) is 3.08. The molecule has 0 aliphatic carbocycles. The Hall–Kier alpha value is -2.24. The minimum Gasteiger partial charge on any atom is -0.383 e. The lowest BCUT2D eigenvalue weighted by atomic mass is 9.93. The van der Waals surface area contributed by atoms with Gasteiger partial charge in [0.25, 0.3) is 0 Å². The summed E-state index contributed by atoms with van der Waals surface area (Å²) in [6, 6.07) is 9.86. The number of likely N-dealkylation sites (tertiary alicyclic amines) is 1. The molecule has 2 rings (SSSR count). The number of carbonyl (C=O) groups excluding carboxylic acids is 2. The van der Waals surface area contributed by atoms with Gasteiger partial charge in [-0.05, 0) is 44.2 Å². The third-order valence-corrected chi connectivity index (χ3v) is 4.66. The van der Waals surface area contributed by atoms with Crippen LogP contribution in [0.25, 0.3) is 0 Å². The lowest BCUT2D eigenvalue weighted by Gasteiger charge is -2.31. The summed E-state index contributed by atoms with van der Waals surface area (Å²) < 4.78 is 0. The Kier molecular flexibility index (Phi) is 7.57. The normalized spacial score (nSPS) is 16.2. The highest BCUT2D eigenvalue weighted by molar-refractivity contribution is 5.74. The molecule has 0 aromatic heterocycles. The predicted octanol–water partition coefficient (Wildman–Crippen LogP) is 2.43. The smallest absolute Gasteiger partial charge is 0.315 e. The van der Waals surface area contributed by atoms with E-state index in [-0.39, 0.29) is 18.0 Å². The fourth-order valence-electron chi connectivity index (χ4n) is 3.08. The van der Waals surface area contributed by atoms with Gasteiger partial charge in [0.2, 0.25) is 5.91 Å². The number of hydrogen-bond donors (Lipinski definition) is 3. The zero-order valence-corrected chi connectivity index (χ0v) is 15.3. The van der Waals surface area contributed by atoms with Crippen LogP contribution < -0.4 is 16.0 Å². The van der Waals surface area contributed by atoms with Crippen molar-refractivity contribution in [3.63, 3.8) is 0 Å². The van der Waals surface area contributed by atoms with Crippen LogP contribution in [0.5, 0.6) is 0 Å². The zero-order valence-electron chi connectivity index (χ0n) is 15.3. The van der Waals surface area contributed by atoms with Crippen LogP contribution in [0, 0.1) is 5.92 Å². The van der Waals surface area contributed by atoms with E-state index in [9.17, 15) is 9.59 Å². The van der Waals surface area contributed by atoms with Crippen molar-refractivity contribution in [2.24, 2.45) is 5.92 Å². The first-order valence-corrected chi connectivity index (χ1v) is 9.13. The van der Waals surface area contributed by atoms with Gasteiger partial charge in [0.1, 0.15) is 0 Å². The van der Waals surface area contributed by atoms with E-state index in [0.717, 1.165) is 38.0 Å². The Morgan fingerprint density at radius 3 is 2.52 bits per heavy atom. The number of para-hydroxylation sites is 1. The van der Waals surface area contributed by atoms with Gasteiger partial charge in [-0.3, -0.25) is 4.79 Å². The second kappa shape index (κ2) is 9.91. The molecule has 0 bridgehead atoms. The van der Waals surface area contributed by atoms with E-state index in [1.165, 1.54) is 0 Å². The molecule has 1 heterocycles. The number of anilines is 1. The van der Waals surface area contributed by atoms with Gasteiger partial charge in [0.05, 0.1) is 0 Å². The van der Waals surface area contributed by atoms with Crippen LogP contribution in [0.15, 0.2) is 30.3 Å². The third kappa shape index (κ3) is 7.03. The summed E-state index contributed by atoms with van der Waals surface area (Å²) in [5.41, 5.74) is 1.05. The van der Waals surface area contributed by atoms with Crippen molar-refractivity contribution < 1.29 is 9.59 Å². The summed E-state index contributed by atoms with van der Waals surface area (Å²) in [5.74, 6) is 0.752. The molecule has 1 unspecified atom stereocenters. The molecule has 1 aromatic rings. The van der Waals surface area contributed by atoms with E-state index >= 15 is 0 Å². The van der Waals surface area contributed by atoms with Crippen molar-refractivity contribution in [1.29, 1.82) is 0 Å². The SMILES string of the molecule is CC(=O)N1CCC(CCNC(=O)NC(C)CNc2ccccc2)CC1. The van der Waals surface area contributed by atoms with Gasteiger partial charge in [0, 0.05) is 44.8 Å². The first-order chi connectivity index (χ1) is 12.0. The van der Waals surface area contributed by atoms with Crippen LogP contribution in [-0.2, 0) is 4.79 Å². The second-order valence-electron chi connectivity index (χ2n) is 6.79. The van der Waals surface area contributed by atoms with E-state index in [1.54, 1.807) is 6.92 Å². The van der Waals surface area contributed by atoms with Crippen LogP contribution in [0.4, 0.5) is 10.5 Å². The molecule has 1 saturated heterocycles. The van der Waals surface area contributed by atoms with Crippen molar-refractivity contribution in [3.05, 3.63) is 30.3 Å². The average Bonchev–Trinajstić information content (AvgIpc) is 2.61. The molecule has 0 radical (unpaired) electrons. The van der Waals surface area contributed by atoms with Gasteiger partial charge >= 0.3 is 6.03 Å². The van der Waals surface area contributed by atoms with E-state index in [1.807, 2.05) is 42.2 Å². The number of hydrogen-bond acceptors (Lipinski definition) is 3. The Morgan fingerprint density at radius 2 is 1.88 bits per heavy atom. The quantitative estimate of drug-likeness (QED) is 0.710. The molecule has 1 aromatic carbocycles. The maximum atomic E-state index is 11.9. The predicted molar refractivity (Wildman–Crippen MR) is 101 cm³/mol. The van der Waals surface area contributed by atoms with Crippen molar-refractivity contribution in [2.45, 2.75) is 39.2 Å². The molecule has 1 aliphatic heterocycles. The van der Waals surface area contributed by atoms with Crippen molar-refractivity contribution in [2.75, 3.05) is 31.5 Å². The minimum absolute atomic E-state index is 0.0408. The molecule has 1 aliphatic rings. The number of carbonyl (C=O) groups is 2. The molecule has 0 saturated carbocycles. The van der Waals surface area contributed by atoms with Crippen molar-refractivity contribution in [1.82, 2.24) is 15.5 Å². The molecular weight excluding hydrogens is 316 g/mol. The van der Waals surface area contributed by atoms with Crippen LogP contribution in [0.2, 0.25) is 0 Å². The number of piperidine rings is 1. The maximum absolute atomic E-state index is 11.9. The molecule has 0 spiro atoms. The summed E-state index contributed by atoms with van der Waals surface area (Å²) in [7, 11) is 0. The number of urea groups is 1. The van der Waals surface area contributed by atoms with Gasteiger partial charge in [-0.2, -0.15) is 0 Å². The van der Waals surface area contributed by atoms with Gasteiger partial charge in [-0.25, -0.2) is 4.79 Å². The van der Waals surface area contributed by atoms with E-state index in [4.69, 9.17) is 0 Å². The number of nitrogens with one attached hydrogen (secondary N) is 3. The fraction of sp³-hybridized carbons (Fsp3) is 0.579. The van der Waals surface area contributed by atoms with Gasteiger partial charge in [-0.15, -0.1) is 0 Å². The Morgan fingerprint density at radius 1 is 1.20 bits per heavy atom. The molecule has 25 heavy (non-hydrogen) atoms. The number of benzene rings is 1. The topological polar surface area (TPSA) is 73.5 Å². The Labute approximate surface area is 150 Å². The third-order valence-electron chi connectivity index (χ3n) is 4.66. The molecule has 138 valence electrons. The number of nitrogens with zero attached hydrogens (tertiary/aromatic N) is 1. The molecule has 1 fully saturated rings. The van der Waals surface area contributed by atoms with Crippen LogP contribution in [-0.4, -0.2) is 49.1 Å².